The molecule has 1 aromatic carbocycles. The van der Waals surface area contributed by atoms with Gasteiger partial charge >= 0.3 is 6.18 Å². The van der Waals surface area contributed by atoms with Crippen LogP contribution in [0.2, 0.25) is 0 Å². The van der Waals surface area contributed by atoms with Crippen LogP contribution in [0.5, 0.6) is 5.75 Å². The molecule has 0 unspecified atom stereocenters. The van der Waals surface area contributed by atoms with Gasteiger partial charge in [0.25, 0.3) is 0 Å². The molecule has 4 heterocycles. The van der Waals surface area contributed by atoms with E-state index in [9.17, 15) is 13.2 Å². The highest BCUT2D eigenvalue weighted by atomic mass is 19.4. The maximum absolute atomic E-state index is 13.3. The van der Waals surface area contributed by atoms with Crippen molar-refractivity contribution in [3.8, 4) is 5.75 Å². The maximum Gasteiger partial charge on any atom is 0.431 e. The van der Waals surface area contributed by atoms with Crippen molar-refractivity contribution in [2.24, 2.45) is 0 Å². The number of pyridine rings is 1. The summed E-state index contributed by atoms with van der Waals surface area (Å²) in [6, 6.07) is 10.5. The number of likely N-dealkylation sites (tertiary alicyclic amines) is 1. The number of alkyl halides is 3. The molecule has 2 aliphatic rings. The predicted octanol–water partition coefficient (Wildman–Crippen LogP) is 4.61. The highest BCUT2D eigenvalue weighted by Gasteiger charge is 2.38. The van der Waals surface area contributed by atoms with Crippen LogP contribution in [0.25, 0.3) is 11.0 Å². The van der Waals surface area contributed by atoms with E-state index < -0.39 is 11.9 Å². The number of hydrogen-bond donors (Lipinski definition) is 2. The van der Waals surface area contributed by atoms with Gasteiger partial charge in [-0.15, -0.1) is 0 Å². The van der Waals surface area contributed by atoms with E-state index in [1.54, 1.807) is 13.2 Å². The summed E-state index contributed by atoms with van der Waals surface area (Å²) in [7, 11) is 1.73. The molecule has 0 spiro atoms. The van der Waals surface area contributed by atoms with Crippen LogP contribution in [0, 0.1) is 0 Å². The third kappa shape index (κ3) is 3.91. The van der Waals surface area contributed by atoms with Crippen molar-refractivity contribution in [1.29, 1.82) is 0 Å². The van der Waals surface area contributed by atoms with Crippen LogP contribution >= 0.6 is 0 Å². The molecule has 1 saturated heterocycles. The lowest BCUT2D eigenvalue weighted by molar-refractivity contribution is -0.140. The van der Waals surface area contributed by atoms with Crippen LogP contribution in [0.1, 0.15) is 30.1 Å². The Balaban J connectivity index is 1.52. The van der Waals surface area contributed by atoms with Gasteiger partial charge in [-0.3, -0.25) is 4.90 Å². The Morgan fingerprint density at radius 1 is 1.25 bits per heavy atom. The maximum atomic E-state index is 13.3. The van der Waals surface area contributed by atoms with Gasteiger partial charge in [0.1, 0.15) is 23.7 Å². The molecule has 170 valence electrons. The molecular weight excluding hydrogens is 421 g/mol. The smallest absolute Gasteiger partial charge is 0.431 e. The van der Waals surface area contributed by atoms with Gasteiger partial charge in [0, 0.05) is 36.5 Å². The Kier molecular flexibility index (Phi) is 5.46. The standard InChI is InChI=1S/C23H25F3N4O2/c1-31-14-5-4-10-30(12-14)18-13-32-19-7-3-2-6-15(19)21(18)28-17-8-9-27-22-16(17)11-20(29-22)23(24,25)26/h2-3,6-9,11,14,18,21H,4-5,10,12-13H2,1H3,(H2,27,28,29)/t14-,18-,21-/m0/s1. The largest absolute Gasteiger partial charge is 0.491 e. The molecule has 9 heteroatoms. The molecule has 0 amide bonds. The van der Waals surface area contributed by atoms with E-state index in [4.69, 9.17) is 9.47 Å². The van der Waals surface area contributed by atoms with Crippen LogP contribution in [0.3, 0.4) is 0 Å². The molecule has 0 radical (unpaired) electrons. The summed E-state index contributed by atoms with van der Waals surface area (Å²) >= 11 is 0. The highest BCUT2D eigenvalue weighted by molar-refractivity contribution is 5.90. The topological polar surface area (TPSA) is 62.4 Å². The van der Waals surface area contributed by atoms with Crippen molar-refractivity contribution >= 4 is 16.7 Å². The van der Waals surface area contributed by atoms with E-state index in [0.29, 0.717) is 17.7 Å². The van der Waals surface area contributed by atoms with Gasteiger partial charge in [0.05, 0.1) is 18.2 Å². The average molecular weight is 446 g/mol. The molecule has 2 aromatic heterocycles. The number of H-pyrrole nitrogens is 1. The molecule has 3 aromatic rings. The number of para-hydroxylation sites is 1. The lowest BCUT2D eigenvalue weighted by Gasteiger charge is -2.44. The molecule has 0 bridgehead atoms. The second-order valence-electron chi connectivity index (χ2n) is 8.33. The summed E-state index contributed by atoms with van der Waals surface area (Å²) in [5.41, 5.74) is 0.988. The number of nitrogens with zero attached hydrogens (tertiary/aromatic N) is 2. The third-order valence-corrected chi connectivity index (χ3v) is 6.41. The Morgan fingerprint density at radius 3 is 2.91 bits per heavy atom. The molecule has 5 rings (SSSR count). The first-order valence-corrected chi connectivity index (χ1v) is 10.7. The second-order valence-corrected chi connectivity index (χ2v) is 8.33. The molecule has 2 N–H and O–H groups in total. The van der Waals surface area contributed by atoms with Gasteiger partial charge in [-0.05, 0) is 37.6 Å². The second kappa shape index (κ2) is 8.29. The molecule has 3 atom stereocenters. The molecule has 0 saturated carbocycles. The molecular formula is C23H25F3N4O2. The zero-order chi connectivity index (χ0) is 22.3. The predicted molar refractivity (Wildman–Crippen MR) is 115 cm³/mol. The zero-order valence-electron chi connectivity index (χ0n) is 17.7. The Bertz CT molecular complexity index is 1100. The molecule has 32 heavy (non-hydrogen) atoms. The van der Waals surface area contributed by atoms with Crippen molar-refractivity contribution in [3.63, 3.8) is 0 Å². The number of nitrogens with one attached hydrogen (secondary N) is 2. The third-order valence-electron chi connectivity index (χ3n) is 6.41. The van der Waals surface area contributed by atoms with Gasteiger partial charge in [-0.1, -0.05) is 18.2 Å². The highest BCUT2D eigenvalue weighted by Crippen LogP contribution is 2.39. The minimum atomic E-state index is -4.46. The number of halogens is 3. The Morgan fingerprint density at radius 2 is 2.09 bits per heavy atom. The fourth-order valence-corrected chi connectivity index (χ4v) is 4.77. The Labute approximate surface area is 183 Å². The van der Waals surface area contributed by atoms with E-state index in [2.05, 4.69) is 20.2 Å². The summed E-state index contributed by atoms with van der Waals surface area (Å²) in [6.07, 6.45) is -0.745. The molecule has 1 fully saturated rings. The minimum Gasteiger partial charge on any atom is -0.491 e. The number of rotatable bonds is 4. The van der Waals surface area contributed by atoms with E-state index in [1.807, 2.05) is 24.3 Å². The van der Waals surface area contributed by atoms with Crippen LogP contribution < -0.4 is 10.1 Å². The first kappa shape index (κ1) is 21.1. The number of aromatic nitrogens is 2. The number of fused-ring (bicyclic) bond motifs is 2. The van der Waals surface area contributed by atoms with Crippen LogP contribution in [0.4, 0.5) is 18.9 Å². The van der Waals surface area contributed by atoms with Gasteiger partial charge in [-0.2, -0.15) is 13.2 Å². The van der Waals surface area contributed by atoms with Gasteiger partial charge in [0.2, 0.25) is 0 Å². The van der Waals surface area contributed by atoms with Gasteiger partial charge in [0.15, 0.2) is 0 Å². The van der Waals surface area contributed by atoms with Crippen molar-refractivity contribution in [2.75, 3.05) is 32.1 Å². The van der Waals surface area contributed by atoms with Gasteiger partial charge < -0.3 is 19.8 Å². The lowest BCUT2D eigenvalue weighted by atomic mass is 9.92. The first-order chi connectivity index (χ1) is 15.4. The van der Waals surface area contributed by atoms with Crippen molar-refractivity contribution in [1.82, 2.24) is 14.9 Å². The van der Waals surface area contributed by atoms with E-state index >= 15 is 0 Å². The summed E-state index contributed by atoms with van der Waals surface area (Å²) in [5.74, 6) is 0.789. The number of anilines is 1. The summed E-state index contributed by atoms with van der Waals surface area (Å²) in [5, 5.41) is 3.95. The summed E-state index contributed by atoms with van der Waals surface area (Å²) in [6.45, 7) is 2.20. The Hall–Kier alpha value is -2.78. The van der Waals surface area contributed by atoms with E-state index in [-0.39, 0.29) is 23.8 Å². The monoisotopic (exact) mass is 446 g/mol. The fourth-order valence-electron chi connectivity index (χ4n) is 4.77. The lowest BCUT2D eigenvalue weighted by Crippen LogP contribution is -2.53. The van der Waals surface area contributed by atoms with Gasteiger partial charge in [-0.25, -0.2) is 4.98 Å². The number of aromatic amines is 1. The normalized spacial score (nSPS) is 24.2. The minimum absolute atomic E-state index is 0.00657. The average Bonchev–Trinajstić information content (AvgIpc) is 3.25. The van der Waals surface area contributed by atoms with Crippen molar-refractivity contribution in [2.45, 2.75) is 37.2 Å². The van der Waals surface area contributed by atoms with E-state index in [1.165, 1.54) is 6.20 Å². The number of piperidine rings is 1. The number of ether oxygens (including phenoxy) is 2. The SMILES string of the molecule is CO[C@H]1CCCN([C@H]2COc3ccccc3[C@@H]2Nc2ccnc3[nH]c(C(F)(F)F)cc23)C1. The summed E-state index contributed by atoms with van der Waals surface area (Å²) in [4.78, 5) is 8.85. The van der Waals surface area contributed by atoms with Crippen molar-refractivity contribution in [3.05, 3.63) is 53.9 Å². The molecule has 0 aliphatic carbocycles. The quantitative estimate of drug-likeness (QED) is 0.613. The zero-order valence-corrected chi connectivity index (χ0v) is 17.7. The van der Waals surface area contributed by atoms with E-state index in [0.717, 1.165) is 43.3 Å². The molecule has 2 aliphatic heterocycles. The van der Waals surface area contributed by atoms with Crippen LogP contribution in [-0.2, 0) is 10.9 Å². The van der Waals surface area contributed by atoms with Crippen LogP contribution in [0.15, 0.2) is 42.6 Å². The number of hydrogen-bond acceptors (Lipinski definition) is 5. The van der Waals surface area contributed by atoms with Crippen LogP contribution in [-0.4, -0.2) is 53.8 Å². The first-order valence-electron chi connectivity index (χ1n) is 10.7. The summed E-state index contributed by atoms with van der Waals surface area (Å²) < 4.78 is 51.5. The fraction of sp³-hybridized carbons (Fsp3) is 0.435. The van der Waals surface area contributed by atoms with Crippen molar-refractivity contribution < 1.29 is 22.6 Å². The molecule has 6 nitrogen and oxygen atoms in total. The number of methoxy groups -OCH3 is 1. The number of benzene rings is 1.